The zero-order valence-electron chi connectivity index (χ0n) is 27.1. The van der Waals surface area contributed by atoms with E-state index in [2.05, 4.69) is 88.6 Å². The van der Waals surface area contributed by atoms with E-state index in [1.165, 1.54) is 46.3 Å². The van der Waals surface area contributed by atoms with Crippen LogP contribution in [0.3, 0.4) is 0 Å². The molecule has 238 valence electrons. The predicted octanol–water partition coefficient (Wildman–Crippen LogP) is 4.70. The van der Waals surface area contributed by atoms with Gasteiger partial charge < -0.3 is 25.8 Å². The normalized spacial score (nSPS) is 19.3. The summed E-state index contributed by atoms with van der Waals surface area (Å²) in [4.78, 5) is 26.9. The quantitative estimate of drug-likeness (QED) is 0.275. The number of amides is 1. The molecule has 0 saturated carbocycles. The Balaban J connectivity index is 0.000000161. The molecule has 4 heterocycles. The number of nitrogen functional groups attached to an aromatic ring is 1. The zero-order valence-corrected chi connectivity index (χ0v) is 27.1. The van der Waals surface area contributed by atoms with Crippen LogP contribution in [0.1, 0.15) is 30.5 Å². The Labute approximate surface area is 268 Å². The number of piperazine rings is 1. The molecular formula is C37H49N7O. The average molecular weight is 608 g/mol. The van der Waals surface area contributed by atoms with Gasteiger partial charge in [-0.05, 0) is 86.3 Å². The summed E-state index contributed by atoms with van der Waals surface area (Å²) in [6.07, 6.45) is 10.0. The van der Waals surface area contributed by atoms with E-state index in [1.54, 1.807) is 12.4 Å². The van der Waals surface area contributed by atoms with Gasteiger partial charge in [0.15, 0.2) is 0 Å². The van der Waals surface area contributed by atoms with Gasteiger partial charge in [-0.2, -0.15) is 0 Å². The largest absolute Gasteiger partial charge is 0.399 e. The molecule has 0 unspecified atom stereocenters. The molecule has 0 radical (unpaired) electrons. The van der Waals surface area contributed by atoms with Crippen LogP contribution in [-0.2, 0) is 17.6 Å². The van der Waals surface area contributed by atoms with Gasteiger partial charge >= 0.3 is 0 Å². The molecule has 0 bridgehead atoms. The van der Waals surface area contributed by atoms with Gasteiger partial charge in [-0.3, -0.25) is 14.7 Å². The summed E-state index contributed by atoms with van der Waals surface area (Å²) in [7, 11) is 2.15. The lowest BCUT2D eigenvalue weighted by Gasteiger charge is -2.40. The van der Waals surface area contributed by atoms with Gasteiger partial charge in [-0.25, -0.2) is 0 Å². The van der Waals surface area contributed by atoms with Crippen LogP contribution in [-0.4, -0.2) is 96.0 Å². The maximum atomic E-state index is 12.9. The highest BCUT2D eigenvalue weighted by Gasteiger charge is 2.36. The first kappa shape index (κ1) is 32.4. The summed E-state index contributed by atoms with van der Waals surface area (Å²) >= 11 is 0. The standard InChI is InChI=1S/C20H25N3O.C12H19N3.C5H5N/c1-4-23(5-2)20(24)14-9-16-15-7-6-8-17-19(15)13(11-21-17)10-18(16)22(3)12-14;13-12-3-1-11(2-4-12)5-8-15-9-6-14-7-10-15;1-2-4-6-5-3-1/h6-9,11,14,18,21H,4-5,10,12H2,1-3H3;1-4,14H,5-10,13H2;1-5H/t14-,18-;;/m1../s1. The molecule has 0 spiro atoms. The summed E-state index contributed by atoms with van der Waals surface area (Å²) < 4.78 is 0. The lowest BCUT2D eigenvalue weighted by Crippen LogP contribution is -2.47. The van der Waals surface area contributed by atoms with Crippen LogP contribution < -0.4 is 11.1 Å². The Hall–Kier alpha value is -3.98. The molecule has 1 saturated heterocycles. The van der Waals surface area contributed by atoms with E-state index in [0.717, 1.165) is 57.8 Å². The second-order valence-corrected chi connectivity index (χ2v) is 12.0. The maximum absolute atomic E-state index is 12.9. The first-order chi connectivity index (χ1) is 22.0. The zero-order chi connectivity index (χ0) is 31.6. The summed E-state index contributed by atoms with van der Waals surface area (Å²) in [5.74, 6) is 0.210. The number of carbonyl (C=O) groups excluding carboxylic acids is 1. The van der Waals surface area contributed by atoms with Crippen molar-refractivity contribution < 1.29 is 4.79 Å². The fourth-order valence-corrected chi connectivity index (χ4v) is 6.59. The SMILES string of the molecule is CCN(CC)C(=O)[C@@H]1C=C2c3cccc4[nH]cc(c34)C[C@H]2N(C)C1.Nc1ccc(CCN2CCNCC2)cc1.c1ccncc1. The Morgan fingerprint density at radius 1 is 1.00 bits per heavy atom. The number of carbonyl (C=O) groups is 1. The molecule has 4 aromatic rings. The first-order valence-corrected chi connectivity index (χ1v) is 16.4. The Morgan fingerprint density at radius 3 is 2.38 bits per heavy atom. The summed E-state index contributed by atoms with van der Waals surface area (Å²) in [6, 6.07) is 20.7. The van der Waals surface area contributed by atoms with Crippen LogP contribution in [0.5, 0.6) is 0 Å². The van der Waals surface area contributed by atoms with E-state index >= 15 is 0 Å². The molecule has 1 amide bonds. The number of nitrogens with one attached hydrogen (secondary N) is 2. The van der Waals surface area contributed by atoms with Gasteiger partial charge in [0, 0.05) is 93.6 Å². The smallest absolute Gasteiger partial charge is 0.230 e. The second-order valence-electron chi connectivity index (χ2n) is 12.0. The van der Waals surface area contributed by atoms with Crippen molar-refractivity contribution in [1.82, 2.24) is 30.0 Å². The summed E-state index contributed by atoms with van der Waals surface area (Å²) in [5.41, 5.74) is 13.1. The van der Waals surface area contributed by atoms with Crippen LogP contribution in [0.25, 0.3) is 16.5 Å². The van der Waals surface area contributed by atoms with Crippen molar-refractivity contribution in [2.24, 2.45) is 5.92 Å². The predicted molar refractivity (Wildman–Crippen MR) is 186 cm³/mol. The molecule has 4 N–H and O–H groups in total. The molecule has 7 rings (SSSR count). The Kier molecular flexibility index (Phi) is 11.4. The molecule has 8 nitrogen and oxygen atoms in total. The van der Waals surface area contributed by atoms with Gasteiger partial charge in [0.1, 0.15) is 0 Å². The van der Waals surface area contributed by atoms with Gasteiger partial charge in [-0.1, -0.05) is 36.4 Å². The third-order valence-electron chi connectivity index (χ3n) is 9.13. The van der Waals surface area contributed by atoms with E-state index in [1.807, 2.05) is 35.2 Å². The van der Waals surface area contributed by atoms with Crippen LogP contribution in [0.4, 0.5) is 5.69 Å². The van der Waals surface area contributed by atoms with Crippen molar-refractivity contribution in [2.45, 2.75) is 32.7 Å². The fraction of sp³-hybridized carbons (Fsp3) is 0.405. The minimum atomic E-state index is -0.0445. The van der Waals surface area contributed by atoms with Crippen molar-refractivity contribution in [1.29, 1.82) is 0 Å². The lowest BCUT2D eigenvalue weighted by atomic mass is 9.79. The minimum absolute atomic E-state index is 0.0445. The van der Waals surface area contributed by atoms with Crippen molar-refractivity contribution >= 4 is 28.1 Å². The number of likely N-dealkylation sites (N-methyl/N-ethyl adjacent to an activating group) is 1. The number of anilines is 1. The number of hydrogen-bond acceptors (Lipinski definition) is 6. The molecule has 2 aromatic heterocycles. The molecule has 45 heavy (non-hydrogen) atoms. The first-order valence-electron chi connectivity index (χ1n) is 16.4. The molecule has 2 atom stereocenters. The molecule has 3 aliphatic rings. The van der Waals surface area contributed by atoms with E-state index in [-0.39, 0.29) is 11.8 Å². The van der Waals surface area contributed by atoms with Crippen molar-refractivity contribution in [3.8, 4) is 0 Å². The number of benzene rings is 2. The van der Waals surface area contributed by atoms with Crippen molar-refractivity contribution in [3.63, 3.8) is 0 Å². The minimum Gasteiger partial charge on any atom is -0.399 e. The summed E-state index contributed by atoms with van der Waals surface area (Å²) in [6.45, 7) is 12.2. The highest BCUT2D eigenvalue weighted by atomic mass is 16.2. The van der Waals surface area contributed by atoms with E-state index in [4.69, 9.17) is 5.73 Å². The number of nitrogens with two attached hydrogens (primary N) is 1. The third-order valence-corrected chi connectivity index (χ3v) is 9.13. The topological polar surface area (TPSA) is 93.5 Å². The fourth-order valence-electron chi connectivity index (χ4n) is 6.59. The second kappa shape index (κ2) is 15.8. The lowest BCUT2D eigenvalue weighted by molar-refractivity contribution is -0.134. The van der Waals surface area contributed by atoms with Crippen LogP contribution >= 0.6 is 0 Å². The number of fused-ring (bicyclic) bond motifs is 2. The number of aromatic nitrogens is 2. The molecule has 1 aliphatic carbocycles. The summed E-state index contributed by atoms with van der Waals surface area (Å²) in [5, 5.41) is 4.70. The van der Waals surface area contributed by atoms with Crippen molar-refractivity contribution in [3.05, 3.63) is 102 Å². The number of nitrogens with zero attached hydrogens (tertiary/aromatic N) is 4. The van der Waals surface area contributed by atoms with Crippen LogP contribution in [0.2, 0.25) is 0 Å². The molecule has 8 heteroatoms. The number of pyridine rings is 1. The van der Waals surface area contributed by atoms with E-state index in [9.17, 15) is 4.79 Å². The monoisotopic (exact) mass is 607 g/mol. The van der Waals surface area contributed by atoms with Gasteiger partial charge in [-0.15, -0.1) is 0 Å². The highest BCUT2D eigenvalue weighted by Crippen LogP contribution is 2.40. The van der Waals surface area contributed by atoms with Gasteiger partial charge in [0.2, 0.25) is 5.91 Å². The van der Waals surface area contributed by atoms with Gasteiger partial charge in [0.05, 0.1) is 5.92 Å². The third kappa shape index (κ3) is 8.19. The van der Waals surface area contributed by atoms with E-state index in [0.29, 0.717) is 6.04 Å². The number of rotatable bonds is 6. The average Bonchev–Trinajstić information content (AvgIpc) is 3.51. The Morgan fingerprint density at radius 2 is 1.73 bits per heavy atom. The van der Waals surface area contributed by atoms with Crippen molar-refractivity contribution in [2.75, 3.05) is 65.1 Å². The van der Waals surface area contributed by atoms with Crippen LogP contribution in [0, 0.1) is 5.92 Å². The molecule has 1 fully saturated rings. The van der Waals surface area contributed by atoms with E-state index < -0.39 is 0 Å². The molecule has 2 aliphatic heterocycles. The number of H-pyrrole nitrogens is 1. The van der Waals surface area contributed by atoms with Crippen LogP contribution in [0.15, 0.2) is 85.3 Å². The number of aromatic amines is 1. The Bertz CT molecular complexity index is 1490. The highest BCUT2D eigenvalue weighted by molar-refractivity contribution is 5.99. The van der Waals surface area contributed by atoms with Gasteiger partial charge in [0.25, 0.3) is 0 Å². The molecular weight excluding hydrogens is 558 g/mol. The maximum Gasteiger partial charge on any atom is 0.230 e. The molecule has 2 aromatic carbocycles. The number of hydrogen-bond donors (Lipinski definition) is 3.